The van der Waals surface area contributed by atoms with Crippen molar-refractivity contribution in [3.63, 3.8) is 0 Å². The van der Waals surface area contributed by atoms with Crippen LogP contribution in [0.5, 0.6) is 5.75 Å². The monoisotopic (exact) mass is 417 g/mol. The molecular formula is C20H17ClFN3O4. The summed E-state index contributed by atoms with van der Waals surface area (Å²) >= 11 is 5.68. The summed E-state index contributed by atoms with van der Waals surface area (Å²) in [4.78, 5) is 37.2. The molecule has 1 aromatic heterocycles. The maximum Gasteiger partial charge on any atom is 0.321 e. The average molecular weight is 418 g/mol. The molecule has 3 rings (SSSR count). The van der Waals surface area contributed by atoms with E-state index in [2.05, 4.69) is 5.32 Å². The van der Waals surface area contributed by atoms with Crippen LogP contribution in [0.1, 0.15) is 6.92 Å². The predicted molar refractivity (Wildman–Crippen MR) is 108 cm³/mol. The number of hydrogen-bond acceptors (Lipinski definition) is 4. The first-order valence-corrected chi connectivity index (χ1v) is 9.07. The van der Waals surface area contributed by atoms with E-state index in [0.717, 1.165) is 10.6 Å². The molecule has 0 saturated carbocycles. The molecule has 1 N–H and O–H groups in total. The van der Waals surface area contributed by atoms with Crippen LogP contribution in [0.15, 0.2) is 64.4 Å². The van der Waals surface area contributed by atoms with Crippen LogP contribution >= 0.6 is 11.6 Å². The molecule has 0 fully saturated rings. The Bertz CT molecular complexity index is 1170. The second-order valence-corrected chi connectivity index (χ2v) is 6.39. The molecule has 0 aliphatic carbocycles. The van der Waals surface area contributed by atoms with Crippen LogP contribution < -0.4 is 21.2 Å². The van der Waals surface area contributed by atoms with Crippen molar-refractivity contribution in [1.82, 2.24) is 9.13 Å². The van der Waals surface area contributed by atoms with E-state index in [1.54, 1.807) is 24.3 Å². The van der Waals surface area contributed by atoms with E-state index in [0.29, 0.717) is 18.0 Å². The van der Waals surface area contributed by atoms with Crippen molar-refractivity contribution in [2.45, 2.75) is 13.5 Å². The highest BCUT2D eigenvalue weighted by atomic mass is 35.5. The van der Waals surface area contributed by atoms with Crippen molar-refractivity contribution in [3.05, 3.63) is 86.4 Å². The molecule has 9 heteroatoms. The van der Waals surface area contributed by atoms with Gasteiger partial charge in [0.2, 0.25) is 5.91 Å². The minimum absolute atomic E-state index is 0.143. The van der Waals surface area contributed by atoms with Gasteiger partial charge in [-0.25, -0.2) is 4.39 Å². The molecule has 7 nitrogen and oxygen atoms in total. The number of carbonyl (C=O) groups is 1. The van der Waals surface area contributed by atoms with Gasteiger partial charge in [0.15, 0.2) is 0 Å². The topological polar surface area (TPSA) is 82.3 Å². The Labute approximate surface area is 169 Å². The van der Waals surface area contributed by atoms with E-state index < -0.39 is 29.4 Å². The fourth-order valence-corrected chi connectivity index (χ4v) is 2.87. The van der Waals surface area contributed by atoms with Gasteiger partial charge in [0.05, 0.1) is 17.3 Å². The zero-order valence-corrected chi connectivity index (χ0v) is 16.1. The zero-order valence-electron chi connectivity index (χ0n) is 15.4. The quantitative estimate of drug-likeness (QED) is 0.625. The smallest absolute Gasteiger partial charge is 0.321 e. The average Bonchev–Trinajstić information content (AvgIpc) is 2.69. The van der Waals surface area contributed by atoms with Crippen LogP contribution in [0.25, 0.3) is 5.69 Å². The number of halogens is 2. The molecule has 150 valence electrons. The normalized spacial score (nSPS) is 10.6. The van der Waals surface area contributed by atoms with Crippen LogP contribution in [0.3, 0.4) is 0 Å². The highest BCUT2D eigenvalue weighted by Gasteiger charge is 2.13. The highest BCUT2D eigenvalue weighted by molar-refractivity contribution is 6.31. The van der Waals surface area contributed by atoms with E-state index in [4.69, 9.17) is 16.3 Å². The molecule has 29 heavy (non-hydrogen) atoms. The van der Waals surface area contributed by atoms with Crippen molar-refractivity contribution in [1.29, 1.82) is 0 Å². The maximum atomic E-state index is 13.2. The summed E-state index contributed by atoms with van der Waals surface area (Å²) in [6, 6.07) is 10.5. The second-order valence-electron chi connectivity index (χ2n) is 5.98. The number of aromatic nitrogens is 2. The minimum atomic E-state index is -0.869. The van der Waals surface area contributed by atoms with E-state index in [1.165, 1.54) is 29.1 Å². The standard InChI is InChI=1S/C20H17ClFN3O4/c1-2-29-17-6-4-3-5-16(17)25-10-9-24(19(27)20(25)28)12-18(26)23-13-7-8-15(22)14(21)11-13/h3-11H,2,12H2,1H3,(H,23,26). The molecule has 1 heterocycles. The summed E-state index contributed by atoms with van der Waals surface area (Å²) in [5, 5.41) is 2.36. The number of amides is 1. The van der Waals surface area contributed by atoms with Crippen molar-refractivity contribution in [2.75, 3.05) is 11.9 Å². The van der Waals surface area contributed by atoms with Gasteiger partial charge in [0, 0.05) is 18.1 Å². The molecule has 1 amide bonds. The number of rotatable bonds is 6. The summed E-state index contributed by atoms with van der Waals surface area (Å²) in [5.41, 5.74) is -0.995. The molecule has 0 aliphatic heterocycles. The van der Waals surface area contributed by atoms with E-state index >= 15 is 0 Å². The Morgan fingerprint density at radius 3 is 2.62 bits per heavy atom. The van der Waals surface area contributed by atoms with Crippen LogP contribution in [0.2, 0.25) is 5.02 Å². The lowest BCUT2D eigenvalue weighted by Gasteiger charge is -2.13. The first-order chi connectivity index (χ1) is 13.9. The van der Waals surface area contributed by atoms with Crippen molar-refractivity contribution in [2.24, 2.45) is 0 Å². The minimum Gasteiger partial charge on any atom is -0.492 e. The predicted octanol–water partition coefficient (Wildman–Crippen LogP) is 2.83. The molecule has 0 atom stereocenters. The van der Waals surface area contributed by atoms with Gasteiger partial charge in [-0.3, -0.25) is 23.5 Å². The summed E-state index contributed by atoms with van der Waals surface area (Å²) in [7, 11) is 0. The molecule has 0 aliphatic rings. The summed E-state index contributed by atoms with van der Waals surface area (Å²) < 4.78 is 20.9. The molecule has 0 radical (unpaired) electrons. The first kappa shape index (κ1) is 20.3. The highest BCUT2D eigenvalue weighted by Crippen LogP contribution is 2.21. The van der Waals surface area contributed by atoms with E-state index in [9.17, 15) is 18.8 Å². The Balaban J connectivity index is 1.85. The van der Waals surface area contributed by atoms with Crippen molar-refractivity contribution < 1.29 is 13.9 Å². The number of nitrogens with one attached hydrogen (secondary N) is 1. The first-order valence-electron chi connectivity index (χ1n) is 8.70. The van der Waals surface area contributed by atoms with Crippen molar-refractivity contribution in [3.8, 4) is 11.4 Å². The molecular weight excluding hydrogens is 401 g/mol. The van der Waals surface area contributed by atoms with Gasteiger partial charge in [0.25, 0.3) is 0 Å². The van der Waals surface area contributed by atoms with Gasteiger partial charge in [0.1, 0.15) is 18.1 Å². The molecule has 3 aromatic rings. The van der Waals surface area contributed by atoms with E-state index in [1.807, 2.05) is 6.92 Å². The number of anilines is 1. The Hall–Kier alpha value is -3.39. The maximum absolute atomic E-state index is 13.2. The number of nitrogens with zero attached hydrogens (tertiary/aromatic N) is 2. The van der Waals surface area contributed by atoms with Crippen LogP contribution in [-0.2, 0) is 11.3 Å². The Morgan fingerprint density at radius 1 is 1.14 bits per heavy atom. The Kier molecular flexibility index (Phi) is 6.13. The van der Waals surface area contributed by atoms with Crippen LogP contribution in [0.4, 0.5) is 10.1 Å². The van der Waals surface area contributed by atoms with Gasteiger partial charge in [-0.2, -0.15) is 0 Å². The third-order valence-electron chi connectivity index (χ3n) is 4.00. The second kappa shape index (κ2) is 8.74. The lowest BCUT2D eigenvalue weighted by molar-refractivity contribution is -0.116. The van der Waals surface area contributed by atoms with Crippen LogP contribution in [0, 0.1) is 5.82 Å². The van der Waals surface area contributed by atoms with Gasteiger partial charge in [-0.05, 0) is 37.3 Å². The van der Waals surface area contributed by atoms with Gasteiger partial charge >= 0.3 is 11.1 Å². The number of benzene rings is 2. The van der Waals surface area contributed by atoms with Crippen molar-refractivity contribution >= 4 is 23.2 Å². The lowest BCUT2D eigenvalue weighted by Crippen LogP contribution is -2.41. The number of hydrogen-bond donors (Lipinski definition) is 1. The van der Waals surface area contributed by atoms with E-state index in [-0.39, 0.29) is 10.7 Å². The fourth-order valence-electron chi connectivity index (χ4n) is 2.69. The summed E-state index contributed by atoms with van der Waals surface area (Å²) in [5.74, 6) is -0.723. The lowest BCUT2D eigenvalue weighted by atomic mass is 10.3. The number of para-hydroxylation sites is 2. The third kappa shape index (κ3) is 4.55. The summed E-state index contributed by atoms with van der Waals surface area (Å²) in [6.45, 7) is 1.82. The number of ether oxygens (including phenoxy) is 1. The molecule has 0 saturated heterocycles. The zero-order chi connectivity index (χ0) is 21.0. The Morgan fingerprint density at radius 2 is 1.90 bits per heavy atom. The van der Waals surface area contributed by atoms with Gasteiger partial charge in [-0.1, -0.05) is 23.7 Å². The summed E-state index contributed by atoms with van der Waals surface area (Å²) in [6.07, 6.45) is 2.73. The fraction of sp³-hybridized carbons (Fsp3) is 0.150. The van der Waals surface area contributed by atoms with Gasteiger partial charge < -0.3 is 10.1 Å². The molecule has 0 spiro atoms. The SMILES string of the molecule is CCOc1ccccc1-n1ccn(CC(=O)Nc2ccc(F)c(Cl)c2)c(=O)c1=O. The number of carbonyl (C=O) groups excluding carboxylic acids is 1. The molecule has 0 bridgehead atoms. The molecule has 2 aromatic carbocycles. The molecule has 0 unspecified atom stereocenters. The third-order valence-corrected chi connectivity index (χ3v) is 4.29. The van der Waals surface area contributed by atoms with Gasteiger partial charge in [-0.15, -0.1) is 0 Å². The largest absolute Gasteiger partial charge is 0.492 e. The van der Waals surface area contributed by atoms with Crippen LogP contribution in [-0.4, -0.2) is 21.6 Å².